The van der Waals surface area contributed by atoms with Crippen molar-refractivity contribution in [2.24, 2.45) is 5.73 Å². The van der Waals surface area contributed by atoms with E-state index >= 15 is 0 Å². The maximum Gasteiger partial charge on any atom is 0.243 e. The van der Waals surface area contributed by atoms with Crippen molar-refractivity contribution in [3.63, 3.8) is 0 Å². The van der Waals surface area contributed by atoms with Crippen LogP contribution in [0.5, 0.6) is 0 Å². The standard InChI is InChI=1S/C20H20BrN3O2/c21-13-4-3-5-14(12-13)24-20(17(22)25)10-8-19(9-11-20)15-6-1-2-7-16(15)23-18(19)26/h1-7,12,24H,8-11H2,(H2,22,25)(H,23,26). The Morgan fingerprint density at radius 2 is 1.81 bits per heavy atom. The van der Waals surface area contributed by atoms with Gasteiger partial charge in [-0.15, -0.1) is 0 Å². The molecule has 1 aliphatic carbocycles. The molecule has 2 amide bonds. The average molecular weight is 414 g/mol. The summed E-state index contributed by atoms with van der Waals surface area (Å²) in [6, 6.07) is 15.5. The molecule has 0 bridgehead atoms. The lowest BCUT2D eigenvalue weighted by Crippen LogP contribution is -2.56. The molecule has 1 aliphatic heterocycles. The summed E-state index contributed by atoms with van der Waals surface area (Å²) in [5, 5.41) is 6.33. The zero-order valence-electron chi connectivity index (χ0n) is 14.2. The summed E-state index contributed by atoms with van der Waals surface area (Å²) < 4.78 is 0.929. The van der Waals surface area contributed by atoms with E-state index in [1.54, 1.807) is 0 Å². The maximum atomic E-state index is 12.7. The molecule has 2 aromatic rings. The molecule has 134 valence electrons. The number of hydrogen-bond acceptors (Lipinski definition) is 3. The molecule has 5 nitrogen and oxygen atoms in total. The summed E-state index contributed by atoms with van der Waals surface area (Å²) in [6.07, 6.45) is 2.19. The number of primary amides is 1. The highest BCUT2D eigenvalue weighted by Crippen LogP contribution is 2.50. The van der Waals surface area contributed by atoms with Crippen molar-refractivity contribution < 1.29 is 9.59 Å². The number of amides is 2. The van der Waals surface area contributed by atoms with Crippen LogP contribution in [0.25, 0.3) is 0 Å². The highest BCUT2D eigenvalue weighted by atomic mass is 79.9. The third kappa shape index (κ3) is 2.60. The number of rotatable bonds is 3. The molecular formula is C20H20BrN3O2. The van der Waals surface area contributed by atoms with Gasteiger partial charge >= 0.3 is 0 Å². The molecule has 6 heteroatoms. The smallest absolute Gasteiger partial charge is 0.243 e. The highest BCUT2D eigenvalue weighted by molar-refractivity contribution is 9.10. The van der Waals surface area contributed by atoms with Crippen molar-refractivity contribution >= 4 is 39.1 Å². The van der Waals surface area contributed by atoms with Crippen molar-refractivity contribution in [2.75, 3.05) is 10.6 Å². The van der Waals surface area contributed by atoms with Crippen LogP contribution < -0.4 is 16.4 Å². The van der Waals surface area contributed by atoms with Gasteiger partial charge in [0.25, 0.3) is 0 Å². The number of para-hydroxylation sites is 1. The molecular weight excluding hydrogens is 394 g/mol. The molecule has 0 aromatic heterocycles. The summed E-state index contributed by atoms with van der Waals surface area (Å²) >= 11 is 3.45. The number of nitrogens with one attached hydrogen (secondary N) is 2. The van der Waals surface area contributed by atoms with E-state index in [-0.39, 0.29) is 11.8 Å². The molecule has 2 aromatic carbocycles. The Morgan fingerprint density at radius 3 is 2.50 bits per heavy atom. The average Bonchev–Trinajstić information content (AvgIpc) is 2.89. The maximum absolute atomic E-state index is 12.7. The summed E-state index contributed by atoms with van der Waals surface area (Å²) in [6.45, 7) is 0. The minimum Gasteiger partial charge on any atom is -0.371 e. The molecule has 4 rings (SSSR count). The van der Waals surface area contributed by atoms with Gasteiger partial charge in [0.2, 0.25) is 11.8 Å². The van der Waals surface area contributed by atoms with Crippen LogP contribution >= 0.6 is 15.9 Å². The van der Waals surface area contributed by atoms with Crippen LogP contribution in [-0.4, -0.2) is 17.4 Å². The molecule has 1 fully saturated rings. The Balaban J connectivity index is 1.63. The normalized spacial score (nSPS) is 27.0. The van der Waals surface area contributed by atoms with E-state index in [1.165, 1.54) is 0 Å². The van der Waals surface area contributed by atoms with Gasteiger partial charge in [-0.3, -0.25) is 9.59 Å². The number of fused-ring (bicyclic) bond motifs is 2. The monoisotopic (exact) mass is 413 g/mol. The third-order valence-electron chi connectivity index (χ3n) is 5.76. The highest BCUT2D eigenvalue weighted by Gasteiger charge is 2.53. The lowest BCUT2D eigenvalue weighted by molar-refractivity contribution is -0.127. The van der Waals surface area contributed by atoms with Crippen molar-refractivity contribution in [3.05, 3.63) is 58.6 Å². The topological polar surface area (TPSA) is 84.2 Å². The number of anilines is 2. The molecule has 0 saturated heterocycles. The van der Waals surface area contributed by atoms with Crippen molar-refractivity contribution in [3.8, 4) is 0 Å². The number of benzene rings is 2. The SMILES string of the molecule is NC(=O)C1(Nc2cccc(Br)c2)CCC2(CC1)C(=O)Nc1ccccc12. The second-order valence-corrected chi connectivity index (χ2v) is 8.08. The van der Waals surface area contributed by atoms with Crippen LogP contribution in [0.15, 0.2) is 53.0 Å². The van der Waals surface area contributed by atoms with Crippen molar-refractivity contribution in [2.45, 2.75) is 36.6 Å². The molecule has 0 atom stereocenters. The van der Waals surface area contributed by atoms with E-state index in [4.69, 9.17) is 5.73 Å². The largest absolute Gasteiger partial charge is 0.371 e. The predicted molar refractivity (Wildman–Crippen MR) is 105 cm³/mol. The Hall–Kier alpha value is -2.34. The van der Waals surface area contributed by atoms with Gasteiger partial charge in [-0.05, 0) is 55.5 Å². The quantitative estimate of drug-likeness (QED) is 0.718. The van der Waals surface area contributed by atoms with E-state index in [1.807, 2.05) is 48.5 Å². The molecule has 1 spiro atoms. The fourth-order valence-electron chi connectivity index (χ4n) is 4.25. The first-order chi connectivity index (χ1) is 12.5. The fraction of sp³-hybridized carbons (Fsp3) is 0.300. The van der Waals surface area contributed by atoms with Crippen LogP contribution in [0.1, 0.15) is 31.2 Å². The van der Waals surface area contributed by atoms with Gasteiger partial charge in [0.1, 0.15) is 5.54 Å². The first-order valence-corrected chi connectivity index (χ1v) is 9.49. The van der Waals surface area contributed by atoms with Gasteiger partial charge in [-0.1, -0.05) is 40.2 Å². The molecule has 2 aliphatic rings. The lowest BCUT2D eigenvalue weighted by Gasteiger charge is -2.43. The van der Waals surface area contributed by atoms with E-state index < -0.39 is 11.0 Å². The van der Waals surface area contributed by atoms with Crippen LogP contribution in [0.4, 0.5) is 11.4 Å². The summed E-state index contributed by atoms with van der Waals surface area (Å²) in [7, 11) is 0. The fourth-order valence-corrected chi connectivity index (χ4v) is 4.65. The summed E-state index contributed by atoms with van der Waals surface area (Å²) in [5.41, 5.74) is 7.14. The molecule has 1 saturated carbocycles. The van der Waals surface area contributed by atoms with Crippen molar-refractivity contribution in [1.82, 2.24) is 0 Å². The van der Waals surface area contributed by atoms with Crippen molar-refractivity contribution in [1.29, 1.82) is 0 Å². The third-order valence-corrected chi connectivity index (χ3v) is 6.26. The number of carbonyl (C=O) groups excluding carboxylic acids is 2. The van der Waals surface area contributed by atoms with E-state index in [0.717, 1.165) is 21.4 Å². The van der Waals surface area contributed by atoms with Crippen LogP contribution in [0.2, 0.25) is 0 Å². The zero-order chi connectivity index (χ0) is 18.4. The Morgan fingerprint density at radius 1 is 1.08 bits per heavy atom. The minimum absolute atomic E-state index is 0.0271. The molecule has 4 N–H and O–H groups in total. The van der Waals surface area contributed by atoms with Crippen LogP contribution in [0.3, 0.4) is 0 Å². The summed E-state index contributed by atoms with van der Waals surface area (Å²) in [5.74, 6) is -0.349. The van der Waals surface area contributed by atoms with Crippen LogP contribution in [0, 0.1) is 0 Å². The molecule has 26 heavy (non-hydrogen) atoms. The minimum atomic E-state index is -0.843. The first-order valence-electron chi connectivity index (χ1n) is 8.70. The van der Waals surface area contributed by atoms with Gasteiger partial charge in [-0.2, -0.15) is 0 Å². The Bertz CT molecular complexity index is 888. The first kappa shape index (κ1) is 17.1. The Kier molecular flexibility index (Phi) is 4.03. The second-order valence-electron chi connectivity index (χ2n) is 7.16. The second kappa shape index (κ2) is 6.13. The molecule has 1 heterocycles. The van der Waals surface area contributed by atoms with Gasteiger partial charge in [-0.25, -0.2) is 0 Å². The van der Waals surface area contributed by atoms with Gasteiger partial charge in [0.15, 0.2) is 0 Å². The summed E-state index contributed by atoms with van der Waals surface area (Å²) in [4.78, 5) is 25.1. The van der Waals surface area contributed by atoms with Gasteiger partial charge in [0.05, 0.1) is 5.41 Å². The van der Waals surface area contributed by atoms with Gasteiger partial charge in [0, 0.05) is 15.8 Å². The van der Waals surface area contributed by atoms with Gasteiger partial charge < -0.3 is 16.4 Å². The van der Waals surface area contributed by atoms with E-state index in [9.17, 15) is 9.59 Å². The zero-order valence-corrected chi connectivity index (χ0v) is 15.8. The number of carbonyl (C=O) groups is 2. The Labute approximate surface area is 160 Å². The molecule has 0 radical (unpaired) electrons. The van der Waals surface area contributed by atoms with Crippen LogP contribution in [-0.2, 0) is 15.0 Å². The number of nitrogens with two attached hydrogens (primary N) is 1. The number of halogens is 1. The van der Waals surface area contributed by atoms with E-state index in [2.05, 4.69) is 26.6 Å². The number of hydrogen-bond donors (Lipinski definition) is 3. The predicted octanol–water partition coefficient (Wildman–Crippen LogP) is 3.55. The molecule has 0 unspecified atom stereocenters. The lowest BCUT2D eigenvalue weighted by atomic mass is 9.64. The van der Waals surface area contributed by atoms with E-state index in [0.29, 0.717) is 25.7 Å².